The lowest BCUT2D eigenvalue weighted by atomic mass is 9.97. The molecule has 2 N–H and O–H groups in total. The average Bonchev–Trinajstić information content (AvgIpc) is 2.47. The third kappa shape index (κ3) is 3.27. The zero-order valence-electron chi connectivity index (χ0n) is 11.3. The van der Waals surface area contributed by atoms with E-state index in [4.69, 9.17) is 17.3 Å². The summed E-state index contributed by atoms with van der Waals surface area (Å²) in [6.45, 7) is 1.02. The molecule has 1 aromatic carbocycles. The van der Waals surface area contributed by atoms with E-state index in [9.17, 15) is 9.59 Å². The average molecular weight is 313 g/mol. The van der Waals surface area contributed by atoms with Crippen molar-refractivity contribution in [1.82, 2.24) is 4.90 Å². The van der Waals surface area contributed by atoms with Gasteiger partial charge in [-0.25, -0.2) is 0 Å². The standard InChI is InChI=1S/C14H17ClN2O2S/c1-20-10-4-5-12(15)11(7-10)14(19)17-6-2-3-9(8-17)13(16)18/h4-5,7,9H,2-3,6,8H2,1H3,(H2,16,18). The van der Waals surface area contributed by atoms with E-state index in [0.717, 1.165) is 17.7 Å². The molecule has 1 fully saturated rings. The molecule has 6 heteroatoms. The van der Waals surface area contributed by atoms with Crippen molar-refractivity contribution in [3.63, 3.8) is 0 Å². The van der Waals surface area contributed by atoms with Crippen molar-refractivity contribution in [3.05, 3.63) is 28.8 Å². The fourth-order valence-corrected chi connectivity index (χ4v) is 3.00. The Morgan fingerprint density at radius 1 is 1.45 bits per heavy atom. The van der Waals surface area contributed by atoms with E-state index in [1.807, 2.05) is 12.3 Å². The van der Waals surface area contributed by atoms with E-state index >= 15 is 0 Å². The van der Waals surface area contributed by atoms with E-state index in [2.05, 4.69) is 0 Å². The number of benzene rings is 1. The minimum atomic E-state index is -0.341. The predicted molar refractivity (Wildman–Crippen MR) is 81.1 cm³/mol. The van der Waals surface area contributed by atoms with Crippen LogP contribution in [0.2, 0.25) is 5.02 Å². The Kier molecular flexibility index (Phi) is 4.94. The molecule has 20 heavy (non-hydrogen) atoms. The minimum absolute atomic E-state index is 0.128. The Bertz CT molecular complexity index is 536. The van der Waals surface area contributed by atoms with Gasteiger partial charge in [0.2, 0.25) is 5.91 Å². The molecule has 0 aliphatic carbocycles. The number of carbonyl (C=O) groups excluding carboxylic acids is 2. The first-order valence-electron chi connectivity index (χ1n) is 6.45. The van der Waals surface area contributed by atoms with Crippen LogP contribution in [0.25, 0.3) is 0 Å². The number of hydrogen-bond acceptors (Lipinski definition) is 3. The molecule has 1 unspecified atom stereocenters. The third-order valence-electron chi connectivity index (χ3n) is 3.51. The van der Waals surface area contributed by atoms with Gasteiger partial charge in [-0.2, -0.15) is 0 Å². The van der Waals surface area contributed by atoms with Gasteiger partial charge in [-0.3, -0.25) is 9.59 Å². The van der Waals surface area contributed by atoms with Crippen LogP contribution < -0.4 is 5.73 Å². The third-order valence-corrected chi connectivity index (χ3v) is 4.57. The Morgan fingerprint density at radius 2 is 2.20 bits per heavy atom. The largest absolute Gasteiger partial charge is 0.369 e. The van der Waals surface area contributed by atoms with Crippen LogP contribution in [0.5, 0.6) is 0 Å². The number of nitrogens with zero attached hydrogens (tertiary/aromatic N) is 1. The quantitative estimate of drug-likeness (QED) is 0.872. The number of piperidine rings is 1. The first kappa shape index (κ1) is 15.2. The molecule has 0 saturated carbocycles. The molecule has 0 radical (unpaired) electrons. The fraction of sp³-hybridized carbons (Fsp3) is 0.429. The van der Waals surface area contributed by atoms with Gasteiger partial charge >= 0.3 is 0 Å². The van der Waals surface area contributed by atoms with Crippen LogP contribution >= 0.6 is 23.4 Å². The predicted octanol–water partition coefficient (Wildman–Crippen LogP) is 2.40. The van der Waals surface area contributed by atoms with Crippen LogP contribution in [0, 0.1) is 5.92 Å². The summed E-state index contributed by atoms with van der Waals surface area (Å²) in [6, 6.07) is 5.41. The van der Waals surface area contributed by atoms with E-state index in [-0.39, 0.29) is 17.7 Å². The highest BCUT2D eigenvalue weighted by Gasteiger charge is 2.28. The summed E-state index contributed by atoms with van der Waals surface area (Å²) in [7, 11) is 0. The molecule has 0 aromatic heterocycles. The monoisotopic (exact) mass is 312 g/mol. The van der Waals surface area contributed by atoms with E-state index in [1.165, 1.54) is 0 Å². The van der Waals surface area contributed by atoms with Gasteiger partial charge in [-0.05, 0) is 37.3 Å². The summed E-state index contributed by atoms with van der Waals surface area (Å²) >= 11 is 7.68. The summed E-state index contributed by atoms with van der Waals surface area (Å²) in [5.41, 5.74) is 5.83. The number of likely N-dealkylation sites (tertiary alicyclic amines) is 1. The van der Waals surface area contributed by atoms with Gasteiger partial charge in [0.25, 0.3) is 5.91 Å². The number of amides is 2. The Balaban J connectivity index is 2.20. The van der Waals surface area contributed by atoms with Crippen molar-refractivity contribution in [2.24, 2.45) is 11.7 Å². The Morgan fingerprint density at radius 3 is 2.85 bits per heavy atom. The van der Waals surface area contributed by atoms with Crippen LogP contribution in [0.4, 0.5) is 0 Å². The molecule has 1 aromatic rings. The number of nitrogens with two attached hydrogens (primary N) is 1. The first-order chi connectivity index (χ1) is 9.52. The number of primary amides is 1. The number of carbonyl (C=O) groups is 2. The zero-order chi connectivity index (χ0) is 14.7. The topological polar surface area (TPSA) is 63.4 Å². The molecule has 2 amide bonds. The van der Waals surface area contributed by atoms with Gasteiger partial charge in [-0.1, -0.05) is 11.6 Å². The highest BCUT2D eigenvalue weighted by molar-refractivity contribution is 7.98. The molecule has 2 rings (SSSR count). The normalized spacial score (nSPS) is 18.9. The smallest absolute Gasteiger partial charge is 0.255 e. The number of hydrogen-bond donors (Lipinski definition) is 1. The maximum absolute atomic E-state index is 12.5. The Labute approximate surface area is 127 Å². The second-order valence-electron chi connectivity index (χ2n) is 4.84. The van der Waals surface area contributed by atoms with Gasteiger partial charge in [0, 0.05) is 18.0 Å². The molecule has 0 bridgehead atoms. The van der Waals surface area contributed by atoms with Gasteiger partial charge < -0.3 is 10.6 Å². The Hall–Kier alpha value is -1.20. The number of thioether (sulfide) groups is 1. The first-order valence-corrected chi connectivity index (χ1v) is 8.05. The molecule has 108 valence electrons. The van der Waals surface area contributed by atoms with Crippen molar-refractivity contribution in [1.29, 1.82) is 0 Å². The van der Waals surface area contributed by atoms with Crippen molar-refractivity contribution in [2.45, 2.75) is 17.7 Å². The van der Waals surface area contributed by atoms with Gasteiger partial charge in [0.15, 0.2) is 0 Å². The van der Waals surface area contributed by atoms with E-state index in [1.54, 1.807) is 28.8 Å². The maximum atomic E-state index is 12.5. The molecule has 1 aliphatic heterocycles. The van der Waals surface area contributed by atoms with Crippen LogP contribution in [-0.2, 0) is 4.79 Å². The van der Waals surface area contributed by atoms with Crippen molar-refractivity contribution >= 4 is 35.2 Å². The lowest BCUT2D eigenvalue weighted by Gasteiger charge is -2.31. The zero-order valence-corrected chi connectivity index (χ0v) is 12.8. The molecular formula is C14H17ClN2O2S. The summed E-state index contributed by atoms with van der Waals surface area (Å²) in [5, 5.41) is 0.439. The maximum Gasteiger partial charge on any atom is 0.255 e. The van der Waals surface area contributed by atoms with Crippen molar-refractivity contribution in [2.75, 3.05) is 19.3 Å². The van der Waals surface area contributed by atoms with Crippen LogP contribution in [0.1, 0.15) is 23.2 Å². The van der Waals surface area contributed by atoms with Crippen LogP contribution in [0.15, 0.2) is 23.1 Å². The van der Waals surface area contributed by atoms with Gasteiger partial charge in [-0.15, -0.1) is 11.8 Å². The SMILES string of the molecule is CSc1ccc(Cl)c(C(=O)N2CCCC(C(N)=O)C2)c1. The molecular weight excluding hydrogens is 296 g/mol. The van der Waals surface area contributed by atoms with E-state index in [0.29, 0.717) is 23.7 Å². The second-order valence-corrected chi connectivity index (χ2v) is 6.13. The summed E-state index contributed by atoms with van der Waals surface area (Å²) in [6.07, 6.45) is 3.48. The fourth-order valence-electron chi connectivity index (χ4n) is 2.36. The molecule has 4 nitrogen and oxygen atoms in total. The molecule has 1 heterocycles. The number of halogens is 1. The molecule has 1 atom stereocenters. The lowest BCUT2D eigenvalue weighted by molar-refractivity contribution is -0.123. The van der Waals surface area contributed by atoms with E-state index < -0.39 is 0 Å². The summed E-state index contributed by atoms with van der Waals surface area (Å²) in [4.78, 5) is 26.5. The number of rotatable bonds is 3. The highest BCUT2D eigenvalue weighted by atomic mass is 35.5. The highest BCUT2D eigenvalue weighted by Crippen LogP contribution is 2.26. The van der Waals surface area contributed by atoms with Crippen molar-refractivity contribution in [3.8, 4) is 0 Å². The molecule has 1 saturated heterocycles. The van der Waals surface area contributed by atoms with Gasteiger partial charge in [0.1, 0.15) is 0 Å². The summed E-state index contributed by atoms with van der Waals surface area (Å²) < 4.78 is 0. The van der Waals surface area contributed by atoms with Gasteiger partial charge in [0.05, 0.1) is 16.5 Å². The van der Waals surface area contributed by atoms with Crippen LogP contribution in [-0.4, -0.2) is 36.1 Å². The molecule has 0 spiro atoms. The van der Waals surface area contributed by atoms with Crippen LogP contribution in [0.3, 0.4) is 0 Å². The van der Waals surface area contributed by atoms with Crippen molar-refractivity contribution < 1.29 is 9.59 Å². The lowest BCUT2D eigenvalue weighted by Crippen LogP contribution is -2.44. The summed E-state index contributed by atoms with van der Waals surface area (Å²) in [5.74, 6) is -0.724. The second kappa shape index (κ2) is 6.50. The minimum Gasteiger partial charge on any atom is -0.369 e. The molecule has 1 aliphatic rings.